The number of amides is 1. The lowest BCUT2D eigenvalue weighted by atomic mass is 9.97. The Balaban J connectivity index is 1.96. The lowest BCUT2D eigenvalue weighted by molar-refractivity contribution is -0.211. The molecule has 1 fully saturated rings. The van der Waals surface area contributed by atoms with E-state index in [1.807, 2.05) is 35.8 Å². The summed E-state index contributed by atoms with van der Waals surface area (Å²) in [6.45, 7) is 9.54. The minimum atomic E-state index is -1.17. The molecule has 0 spiro atoms. The van der Waals surface area contributed by atoms with Crippen LogP contribution in [-0.4, -0.2) is 75.0 Å². The number of unbranched alkanes of at least 4 members (excludes halogenated alkanes) is 2. The molecule has 3 rings (SSSR count). The molecule has 1 N–H and O–H groups in total. The number of carbonyl (C=O) groups is 4. The van der Waals surface area contributed by atoms with E-state index in [-0.39, 0.29) is 13.2 Å². The Bertz CT molecular complexity index is 1250. The minimum absolute atomic E-state index is 0.170. The van der Waals surface area contributed by atoms with Crippen molar-refractivity contribution in [3.63, 3.8) is 0 Å². The van der Waals surface area contributed by atoms with Gasteiger partial charge in [-0.25, -0.2) is 0 Å². The van der Waals surface area contributed by atoms with Crippen LogP contribution in [-0.2, 0) is 51.3 Å². The summed E-state index contributed by atoms with van der Waals surface area (Å²) in [7, 11) is 0. The van der Waals surface area contributed by atoms with E-state index in [1.54, 1.807) is 0 Å². The first-order chi connectivity index (χ1) is 20.5. The van der Waals surface area contributed by atoms with Gasteiger partial charge in [0.15, 0.2) is 23.2 Å². The molecule has 13 nitrogen and oxygen atoms in total. The second kappa shape index (κ2) is 16.3. The molecule has 2 aromatic rings. The molecule has 0 radical (unpaired) electrons. The fraction of sp³-hybridized carbons (Fsp3) is 0.586. The highest BCUT2D eigenvalue weighted by Crippen LogP contribution is 2.36. The molecule has 5 atom stereocenters. The van der Waals surface area contributed by atoms with Crippen molar-refractivity contribution in [2.24, 2.45) is 0 Å². The normalized spacial score (nSPS) is 21.5. The molecule has 43 heavy (non-hydrogen) atoms. The highest BCUT2D eigenvalue weighted by Gasteiger charge is 2.51. The van der Waals surface area contributed by atoms with Gasteiger partial charge in [0, 0.05) is 34.2 Å². The number of benzene rings is 1. The summed E-state index contributed by atoms with van der Waals surface area (Å²) in [4.78, 5) is 48.2. The van der Waals surface area contributed by atoms with Gasteiger partial charge in [0.05, 0.1) is 0 Å². The molecule has 1 amide bonds. The van der Waals surface area contributed by atoms with Crippen molar-refractivity contribution in [1.82, 2.24) is 20.1 Å². The number of nitrogens with zero attached hydrogens (tertiary/aromatic N) is 3. The number of rotatable bonds is 14. The molecular formula is C29H40N4O9S. The molecule has 1 aromatic carbocycles. The number of nitrogens with one attached hydrogen (secondary N) is 1. The third kappa shape index (κ3) is 10.2. The van der Waals surface area contributed by atoms with Gasteiger partial charge in [-0.1, -0.05) is 49.2 Å². The number of aryl methyl sites for hydroxylation is 1. The fourth-order valence-electron chi connectivity index (χ4n) is 4.54. The Morgan fingerprint density at radius 1 is 0.953 bits per heavy atom. The van der Waals surface area contributed by atoms with Crippen LogP contribution in [0.5, 0.6) is 5.75 Å². The second-order valence-electron chi connectivity index (χ2n) is 10.2. The van der Waals surface area contributed by atoms with Crippen LogP contribution in [0.4, 0.5) is 0 Å². The highest BCUT2D eigenvalue weighted by atomic mass is 32.2. The third-order valence-electron chi connectivity index (χ3n) is 6.46. The van der Waals surface area contributed by atoms with Crippen molar-refractivity contribution in [3.8, 4) is 5.75 Å². The Labute approximate surface area is 255 Å². The lowest BCUT2D eigenvalue weighted by Crippen LogP contribution is -2.65. The van der Waals surface area contributed by atoms with Crippen LogP contribution < -0.4 is 10.1 Å². The number of thioether (sulfide) groups is 1. The summed E-state index contributed by atoms with van der Waals surface area (Å²) in [6, 6.07) is 6.72. The van der Waals surface area contributed by atoms with E-state index in [0.29, 0.717) is 23.3 Å². The summed E-state index contributed by atoms with van der Waals surface area (Å²) < 4.78 is 30.5. The van der Waals surface area contributed by atoms with Gasteiger partial charge >= 0.3 is 17.9 Å². The summed E-state index contributed by atoms with van der Waals surface area (Å²) in [6.07, 6.45) is -0.484. The number of hydrogen-bond acceptors (Lipinski definition) is 12. The number of hydrogen-bond donors (Lipinski definition) is 1. The average molecular weight is 621 g/mol. The van der Waals surface area contributed by atoms with Crippen LogP contribution in [0.1, 0.15) is 65.3 Å². The van der Waals surface area contributed by atoms with Crippen LogP contribution in [0.2, 0.25) is 0 Å². The quantitative estimate of drug-likeness (QED) is 0.187. The van der Waals surface area contributed by atoms with Crippen LogP contribution in [0, 0.1) is 6.92 Å². The lowest BCUT2D eigenvalue weighted by Gasteiger charge is -2.44. The Morgan fingerprint density at radius 2 is 1.63 bits per heavy atom. The minimum Gasteiger partial charge on any atom is -0.486 e. The molecule has 0 bridgehead atoms. The largest absolute Gasteiger partial charge is 0.486 e. The number of ether oxygens (including phenoxy) is 5. The second-order valence-corrected chi connectivity index (χ2v) is 11.3. The van der Waals surface area contributed by atoms with Crippen molar-refractivity contribution in [3.05, 3.63) is 35.7 Å². The van der Waals surface area contributed by atoms with Crippen LogP contribution in [0.3, 0.4) is 0 Å². The van der Waals surface area contributed by atoms with E-state index in [2.05, 4.69) is 22.4 Å². The smallest absolute Gasteiger partial charge is 0.303 e. The molecule has 0 aliphatic carbocycles. The number of esters is 3. The number of aromatic nitrogens is 3. The zero-order chi connectivity index (χ0) is 31.5. The van der Waals surface area contributed by atoms with E-state index < -0.39 is 53.6 Å². The zero-order valence-corrected chi connectivity index (χ0v) is 26.2. The molecule has 1 saturated heterocycles. The van der Waals surface area contributed by atoms with Crippen molar-refractivity contribution in [2.45, 2.75) is 109 Å². The van der Waals surface area contributed by atoms with Crippen molar-refractivity contribution in [1.29, 1.82) is 0 Å². The van der Waals surface area contributed by atoms with Crippen molar-refractivity contribution >= 4 is 35.6 Å². The van der Waals surface area contributed by atoms with E-state index in [9.17, 15) is 19.2 Å². The van der Waals surface area contributed by atoms with Gasteiger partial charge in [-0.3, -0.25) is 19.2 Å². The van der Waals surface area contributed by atoms with Crippen molar-refractivity contribution in [2.75, 3.05) is 6.61 Å². The predicted molar refractivity (Wildman–Crippen MR) is 155 cm³/mol. The summed E-state index contributed by atoms with van der Waals surface area (Å²) in [5.74, 6) is -1.03. The summed E-state index contributed by atoms with van der Waals surface area (Å²) >= 11 is 1.16. The molecule has 1 aliphatic heterocycles. The first-order valence-electron chi connectivity index (χ1n) is 14.2. The van der Waals surface area contributed by atoms with Gasteiger partial charge in [0.1, 0.15) is 36.5 Å². The predicted octanol–water partition coefficient (Wildman–Crippen LogP) is 3.10. The fourth-order valence-corrected chi connectivity index (χ4v) is 5.72. The average Bonchev–Trinajstić information content (AvgIpc) is 3.31. The Hall–Kier alpha value is -3.65. The molecule has 0 saturated carbocycles. The van der Waals surface area contributed by atoms with Crippen LogP contribution in [0.15, 0.2) is 29.4 Å². The van der Waals surface area contributed by atoms with Gasteiger partial charge in [0.2, 0.25) is 5.91 Å². The molecule has 2 heterocycles. The topological polar surface area (TPSA) is 157 Å². The van der Waals surface area contributed by atoms with Gasteiger partial charge < -0.3 is 33.6 Å². The molecule has 1 aliphatic rings. The van der Waals surface area contributed by atoms with Gasteiger partial charge in [-0.15, -0.1) is 10.2 Å². The van der Waals surface area contributed by atoms with Crippen molar-refractivity contribution < 1.29 is 42.9 Å². The molecule has 0 unspecified atom stereocenters. The Morgan fingerprint density at radius 3 is 2.23 bits per heavy atom. The zero-order valence-electron chi connectivity index (χ0n) is 25.4. The van der Waals surface area contributed by atoms with E-state index >= 15 is 0 Å². The highest BCUT2D eigenvalue weighted by molar-refractivity contribution is 7.99. The maximum Gasteiger partial charge on any atom is 0.303 e. The van der Waals surface area contributed by atoms with E-state index in [1.165, 1.54) is 27.7 Å². The SMILES string of the molecule is CCCCCn1c(COc2ccc(C)cc2)nnc1S[C@H]1O[C@@H](COC(C)=O)[C@@H](OC(C)=O)[C@@H](OC(C)=O)[C@H]1NC(C)=O. The third-order valence-corrected chi connectivity index (χ3v) is 7.61. The summed E-state index contributed by atoms with van der Waals surface area (Å²) in [5, 5.41) is 12.1. The monoisotopic (exact) mass is 620 g/mol. The van der Waals surface area contributed by atoms with Crippen LogP contribution >= 0.6 is 11.8 Å². The van der Waals surface area contributed by atoms with E-state index in [0.717, 1.165) is 36.6 Å². The Kier molecular flexibility index (Phi) is 12.8. The molecule has 1 aromatic heterocycles. The van der Waals surface area contributed by atoms with E-state index in [4.69, 9.17) is 23.7 Å². The first kappa shape index (κ1) is 33.8. The van der Waals surface area contributed by atoms with Gasteiger partial charge in [-0.05, 0) is 25.5 Å². The molecular weight excluding hydrogens is 580 g/mol. The first-order valence-corrected chi connectivity index (χ1v) is 15.0. The summed E-state index contributed by atoms with van der Waals surface area (Å²) in [5.41, 5.74) is 0.214. The maximum atomic E-state index is 12.3. The number of carbonyl (C=O) groups excluding carboxylic acids is 4. The van der Waals surface area contributed by atoms with Gasteiger partial charge in [0.25, 0.3) is 0 Å². The van der Waals surface area contributed by atoms with Crippen LogP contribution in [0.25, 0.3) is 0 Å². The maximum absolute atomic E-state index is 12.3. The molecule has 14 heteroatoms. The standard InChI is InChI=1S/C29H40N4O9S/c1-7-8-9-14-33-24(16-39-22-12-10-17(2)11-13-22)31-32-29(33)43-28-25(30-18(3)34)27(41-21(6)37)26(40-20(5)36)23(42-28)15-38-19(4)35/h10-13,23,25-28H,7-9,14-16H2,1-6H3,(H,30,34)/t23-,25+,26+,27-,28+/m0/s1. The van der Waals surface area contributed by atoms with Gasteiger partial charge in [-0.2, -0.15) is 0 Å². The molecule has 236 valence electrons.